The zero-order chi connectivity index (χ0) is 20.9. The van der Waals surface area contributed by atoms with Crippen molar-refractivity contribution in [3.63, 3.8) is 0 Å². The molecule has 3 heterocycles. The van der Waals surface area contributed by atoms with E-state index < -0.39 is 0 Å². The van der Waals surface area contributed by atoms with Gasteiger partial charge in [0.1, 0.15) is 6.33 Å². The Labute approximate surface area is 178 Å². The number of aryl methyl sites for hydroxylation is 1. The van der Waals surface area contributed by atoms with E-state index in [1.165, 1.54) is 28.6 Å². The Balaban J connectivity index is 1.14. The summed E-state index contributed by atoms with van der Waals surface area (Å²) in [5.41, 5.74) is 7.41. The summed E-state index contributed by atoms with van der Waals surface area (Å²) in [4.78, 5) is 23.5. The SMILES string of the molecule is CCn1nnc2c(N3CC(C(=O)Nc4ccc5c(c4)Cc4ccccc4-5)C3)ncnc21. The van der Waals surface area contributed by atoms with Crippen LogP contribution in [0.25, 0.3) is 22.3 Å². The van der Waals surface area contributed by atoms with Crippen molar-refractivity contribution in [2.24, 2.45) is 5.92 Å². The molecule has 4 aromatic rings. The van der Waals surface area contributed by atoms with Gasteiger partial charge in [-0.1, -0.05) is 35.5 Å². The second-order valence-electron chi connectivity index (χ2n) is 8.07. The quantitative estimate of drug-likeness (QED) is 0.489. The van der Waals surface area contributed by atoms with Crippen LogP contribution in [0.3, 0.4) is 0 Å². The fraction of sp³-hybridized carbons (Fsp3) is 0.261. The number of nitrogens with one attached hydrogen (secondary N) is 1. The topological polar surface area (TPSA) is 88.8 Å². The number of hydrogen-bond donors (Lipinski definition) is 1. The summed E-state index contributed by atoms with van der Waals surface area (Å²) < 4.78 is 1.75. The Morgan fingerprint density at radius 1 is 1.10 bits per heavy atom. The number of rotatable bonds is 4. The molecule has 1 N–H and O–H groups in total. The van der Waals surface area contributed by atoms with Crippen molar-refractivity contribution in [1.82, 2.24) is 25.0 Å². The van der Waals surface area contributed by atoms with Crippen LogP contribution in [0.1, 0.15) is 18.1 Å². The molecule has 154 valence electrons. The van der Waals surface area contributed by atoms with Crippen LogP contribution in [0.2, 0.25) is 0 Å². The van der Waals surface area contributed by atoms with E-state index in [4.69, 9.17) is 0 Å². The summed E-state index contributed by atoms with van der Waals surface area (Å²) in [6.45, 7) is 3.90. The van der Waals surface area contributed by atoms with E-state index in [0.717, 1.165) is 23.6 Å². The van der Waals surface area contributed by atoms with Gasteiger partial charge in [-0.15, -0.1) is 5.10 Å². The molecule has 1 saturated heterocycles. The molecule has 0 atom stereocenters. The van der Waals surface area contributed by atoms with Crippen molar-refractivity contribution in [3.05, 3.63) is 59.9 Å². The highest BCUT2D eigenvalue weighted by Gasteiger charge is 2.35. The molecule has 6 rings (SSSR count). The zero-order valence-electron chi connectivity index (χ0n) is 17.1. The van der Waals surface area contributed by atoms with E-state index in [9.17, 15) is 4.79 Å². The summed E-state index contributed by atoms with van der Waals surface area (Å²) >= 11 is 0. The summed E-state index contributed by atoms with van der Waals surface area (Å²) in [5.74, 6) is 0.690. The van der Waals surface area contributed by atoms with E-state index in [-0.39, 0.29) is 11.8 Å². The van der Waals surface area contributed by atoms with Crippen molar-refractivity contribution < 1.29 is 4.79 Å². The van der Waals surface area contributed by atoms with E-state index in [2.05, 4.69) is 66.9 Å². The molecule has 2 aliphatic rings. The summed E-state index contributed by atoms with van der Waals surface area (Å²) in [7, 11) is 0. The van der Waals surface area contributed by atoms with Crippen LogP contribution >= 0.6 is 0 Å². The summed E-state index contributed by atoms with van der Waals surface area (Å²) in [6.07, 6.45) is 2.44. The number of nitrogens with zero attached hydrogens (tertiary/aromatic N) is 6. The van der Waals surface area contributed by atoms with Gasteiger partial charge in [0, 0.05) is 25.3 Å². The zero-order valence-corrected chi connectivity index (χ0v) is 17.1. The minimum Gasteiger partial charge on any atom is -0.353 e. The number of carbonyl (C=O) groups is 1. The highest BCUT2D eigenvalue weighted by molar-refractivity contribution is 5.96. The predicted molar refractivity (Wildman–Crippen MR) is 118 cm³/mol. The van der Waals surface area contributed by atoms with Gasteiger partial charge >= 0.3 is 0 Å². The van der Waals surface area contributed by atoms with Crippen molar-refractivity contribution in [3.8, 4) is 11.1 Å². The molecule has 8 heteroatoms. The number of fused-ring (bicyclic) bond motifs is 4. The van der Waals surface area contributed by atoms with Crippen LogP contribution in [0, 0.1) is 5.92 Å². The first-order valence-electron chi connectivity index (χ1n) is 10.5. The molecule has 1 fully saturated rings. The largest absolute Gasteiger partial charge is 0.353 e. The van der Waals surface area contributed by atoms with E-state index >= 15 is 0 Å². The van der Waals surface area contributed by atoms with Crippen LogP contribution in [0.5, 0.6) is 0 Å². The lowest BCUT2D eigenvalue weighted by Gasteiger charge is -2.38. The van der Waals surface area contributed by atoms with Gasteiger partial charge in [0.25, 0.3) is 0 Å². The van der Waals surface area contributed by atoms with Crippen LogP contribution in [-0.2, 0) is 17.8 Å². The fourth-order valence-electron chi connectivity index (χ4n) is 4.51. The fourth-order valence-corrected chi connectivity index (χ4v) is 4.51. The second-order valence-corrected chi connectivity index (χ2v) is 8.07. The smallest absolute Gasteiger partial charge is 0.231 e. The van der Waals surface area contributed by atoms with Crippen LogP contribution < -0.4 is 10.2 Å². The maximum Gasteiger partial charge on any atom is 0.231 e. The molecule has 8 nitrogen and oxygen atoms in total. The number of amides is 1. The molecule has 0 bridgehead atoms. The molecule has 0 spiro atoms. The van der Waals surface area contributed by atoms with Gasteiger partial charge in [0.15, 0.2) is 17.0 Å². The molecular weight excluding hydrogens is 390 g/mol. The average molecular weight is 411 g/mol. The first kappa shape index (κ1) is 18.0. The van der Waals surface area contributed by atoms with Crippen LogP contribution in [-0.4, -0.2) is 44.0 Å². The lowest BCUT2D eigenvalue weighted by atomic mass is 9.98. The van der Waals surface area contributed by atoms with Gasteiger partial charge in [0.05, 0.1) is 5.92 Å². The molecule has 31 heavy (non-hydrogen) atoms. The Hall–Kier alpha value is -3.81. The predicted octanol–water partition coefficient (Wildman–Crippen LogP) is 2.89. The highest BCUT2D eigenvalue weighted by Crippen LogP contribution is 2.37. The first-order chi connectivity index (χ1) is 15.2. The number of anilines is 2. The maximum atomic E-state index is 12.8. The summed E-state index contributed by atoms with van der Waals surface area (Å²) in [5, 5.41) is 11.4. The molecule has 0 radical (unpaired) electrons. The number of benzene rings is 2. The number of hydrogen-bond acceptors (Lipinski definition) is 6. The van der Waals surface area contributed by atoms with Gasteiger partial charge < -0.3 is 10.2 Å². The highest BCUT2D eigenvalue weighted by atomic mass is 16.2. The Bertz CT molecular complexity index is 1320. The minimum absolute atomic E-state index is 0.0363. The van der Waals surface area contributed by atoms with Crippen molar-refractivity contribution in [2.75, 3.05) is 23.3 Å². The van der Waals surface area contributed by atoms with Gasteiger partial charge in [-0.3, -0.25) is 4.79 Å². The molecule has 2 aromatic carbocycles. The van der Waals surface area contributed by atoms with Crippen molar-refractivity contribution in [1.29, 1.82) is 0 Å². The van der Waals surface area contributed by atoms with Gasteiger partial charge in [-0.2, -0.15) is 0 Å². The van der Waals surface area contributed by atoms with Crippen LogP contribution in [0.15, 0.2) is 48.8 Å². The molecule has 2 aromatic heterocycles. The monoisotopic (exact) mass is 411 g/mol. The summed E-state index contributed by atoms with van der Waals surface area (Å²) in [6, 6.07) is 14.7. The minimum atomic E-state index is -0.0864. The Kier molecular flexibility index (Phi) is 3.99. The second kappa shape index (κ2) is 6.87. The molecule has 1 aliphatic heterocycles. The first-order valence-corrected chi connectivity index (χ1v) is 10.5. The Morgan fingerprint density at radius 3 is 2.81 bits per heavy atom. The third-order valence-electron chi connectivity index (χ3n) is 6.19. The number of carbonyl (C=O) groups excluding carboxylic acids is 1. The van der Waals surface area contributed by atoms with Crippen LogP contribution in [0.4, 0.5) is 11.5 Å². The lowest BCUT2D eigenvalue weighted by Crippen LogP contribution is -2.52. The van der Waals surface area contributed by atoms with Gasteiger partial charge in [-0.25, -0.2) is 14.6 Å². The Morgan fingerprint density at radius 2 is 1.94 bits per heavy atom. The van der Waals surface area contributed by atoms with Gasteiger partial charge in [0.2, 0.25) is 5.91 Å². The molecule has 1 aliphatic carbocycles. The molecule has 1 amide bonds. The standard InChI is InChI=1S/C23H21N7O/c1-2-30-22-20(27-28-30)21(24-13-25-22)29-11-16(12-29)23(31)26-17-7-8-19-15(10-17)9-14-5-3-4-6-18(14)19/h3-8,10,13,16H,2,9,11-12H2,1H3,(H,26,31). The van der Waals surface area contributed by atoms with Crippen molar-refractivity contribution >= 4 is 28.6 Å². The maximum absolute atomic E-state index is 12.8. The van der Waals surface area contributed by atoms with E-state index in [1.807, 2.05) is 13.0 Å². The average Bonchev–Trinajstić information content (AvgIpc) is 3.33. The van der Waals surface area contributed by atoms with E-state index in [1.54, 1.807) is 4.68 Å². The van der Waals surface area contributed by atoms with E-state index in [0.29, 0.717) is 25.2 Å². The molecule has 0 saturated carbocycles. The third kappa shape index (κ3) is 2.86. The third-order valence-corrected chi connectivity index (χ3v) is 6.19. The van der Waals surface area contributed by atoms with Gasteiger partial charge in [-0.05, 0) is 47.7 Å². The van der Waals surface area contributed by atoms with Crippen molar-refractivity contribution in [2.45, 2.75) is 19.9 Å². The molecular formula is C23H21N7O. The number of aromatic nitrogens is 5. The molecule has 0 unspecified atom stereocenters. The lowest BCUT2D eigenvalue weighted by molar-refractivity contribution is -0.120. The normalized spacial score (nSPS) is 14.9.